The number of benzene rings is 1. The van der Waals surface area contributed by atoms with Crippen LogP contribution in [0.5, 0.6) is 0 Å². The number of nitrogens with one attached hydrogen (secondary N) is 2. The van der Waals surface area contributed by atoms with Crippen LogP contribution in [0.2, 0.25) is 0 Å². The summed E-state index contributed by atoms with van der Waals surface area (Å²) in [6.07, 6.45) is 0. The zero-order valence-electron chi connectivity index (χ0n) is 9.47. The Balaban J connectivity index is 1.93. The van der Waals surface area contributed by atoms with E-state index in [0.29, 0.717) is 16.4 Å². The van der Waals surface area contributed by atoms with Gasteiger partial charge in [0.1, 0.15) is 4.88 Å². The van der Waals surface area contributed by atoms with Crippen LogP contribution >= 0.6 is 11.5 Å². The molecule has 2 aromatic heterocycles. The lowest BCUT2D eigenvalue weighted by Gasteiger charge is -1.99. The molecule has 18 heavy (non-hydrogen) atoms. The molecule has 1 aromatic carbocycles. The standard InChI is InChI=1S/C11H9N5OS/c1-6-9(18-16-13-6)11(17)12-10-7-4-2-3-5-8(7)14-15-10/h2-5H,1H3,(H2,12,14,15,17). The molecule has 2 N–H and O–H groups in total. The number of hydrogen-bond donors (Lipinski definition) is 2. The van der Waals surface area contributed by atoms with Crippen molar-refractivity contribution >= 4 is 34.2 Å². The van der Waals surface area contributed by atoms with Crippen molar-refractivity contribution in [1.29, 1.82) is 0 Å². The summed E-state index contributed by atoms with van der Waals surface area (Å²) >= 11 is 1.07. The number of rotatable bonds is 2. The van der Waals surface area contributed by atoms with Gasteiger partial charge in [0.05, 0.1) is 11.2 Å². The number of H-pyrrole nitrogens is 1. The molecule has 0 aliphatic carbocycles. The highest BCUT2D eigenvalue weighted by Gasteiger charge is 2.15. The number of hydrogen-bond acceptors (Lipinski definition) is 5. The predicted octanol–water partition coefficient (Wildman–Crippen LogP) is 1.98. The van der Waals surface area contributed by atoms with Gasteiger partial charge in [0, 0.05) is 5.39 Å². The van der Waals surface area contributed by atoms with Crippen molar-refractivity contribution in [3.63, 3.8) is 0 Å². The summed E-state index contributed by atoms with van der Waals surface area (Å²) in [5.74, 6) is 0.281. The third kappa shape index (κ3) is 1.74. The first-order valence-electron chi connectivity index (χ1n) is 5.29. The Bertz CT molecular complexity index is 717. The van der Waals surface area contributed by atoms with Gasteiger partial charge in [-0.1, -0.05) is 16.6 Å². The molecule has 0 unspecified atom stereocenters. The third-order valence-corrected chi connectivity index (χ3v) is 3.39. The normalized spacial score (nSPS) is 10.7. The molecule has 0 fully saturated rings. The summed E-state index contributed by atoms with van der Waals surface area (Å²) in [7, 11) is 0. The van der Waals surface area contributed by atoms with E-state index in [1.54, 1.807) is 6.92 Å². The molecule has 0 saturated carbocycles. The molecular weight excluding hydrogens is 250 g/mol. The van der Waals surface area contributed by atoms with Crippen LogP contribution in [0.3, 0.4) is 0 Å². The van der Waals surface area contributed by atoms with Gasteiger partial charge in [0.25, 0.3) is 5.91 Å². The van der Waals surface area contributed by atoms with E-state index < -0.39 is 0 Å². The monoisotopic (exact) mass is 259 g/mol. The second-order valence-electron chi connectivity index (χ2n) is 3.76. The Kier molecular flexibility index (Phi) is 2.52. The van der Waals surface area contributed by atoms with E-state index in [1.165, 1.54) is 0 Å². The lowest BCUT2D eigenvalue weighted by Crippen LogP contribution is -2.12. The van der Waals surface area contributed by atoms with Crippen molar-refractivity contribution in [3.8, 4) is 0 Å². The van der Waals surface area contributed by atoms with Crippen molar-refractivity contribution in [2.24, 2.45) is 0 Å². The average Bonchev–Trinajstić information content (AvgIpc) is 2.97. The number of nitrogens with zero attached hydrogens (tertiary/aromatic N) is 3. The Hall–Kier alpha value is -2.28. The highest BCUT2D eigenvalue weighted by Crippen LogP contribution is 2.21. The minimum absolute atomic E-state index is 0.236. The van der Waals surface area contributed by atoms with E-state index in [0.717, 1.165) is 22.4 Å². The van der Waals surface area contributed by atoms with Crippen LogP contribution in [0.4, 0.5) is 5.82 Å². The van der Waals surface area contributed by atoms with Gasteiger partial charge in [-0.3, -0.25) is 9.89 Å². The summed E-state index contributed by atoms with van der Waals surface area (Å²) in [6, 6.07) is 7.60. The average molecular weight is 259 g/mol. The quantitative estimate of drug-likeness (QED) is 0.737. The number of amides is 1. The second kappa shape index (κ2) is 4.19. The van der Waals surface area contributed by atoms with Gasteiger partial charge in [0.15, 0.2) is 5.82 Å². The molecule has 0 bridgehead atoms. The maximum absolute atomic E-state index is 12.0. The zero-order valence-corrected chi connectivity index (χ0v) is 10.3. The molecule has 90 valence electrons. The number of aromatic amines is 1. The van der Waals surface area contributed by atoms with E-state index in [4.69, 9.17) is 0 Å². The van der Waals surface area contributed by atoms with Gasteiger partial charge in [-0.15, -0.1) is 5.10 Å². The lowest BCUT2D eigenvalue weighted by atomic mass is 10.2. The summed E-state index contributed by atoms with van der Waals surface area (Å²) in [4.78, 5) is 12.5. The topological polar surface area (TPSA) is 83.6 Å². The Morgan fingerprint density at radius 1 is 1.39 bits per heavy atom. The summed E-state index contributed by atoms with van der Waals surface area (Å²) in [5.41, 5.74) is 1.50. The molecular formula is C11H9N5OS. The molecule has 6 nitrogen and oxygen atoms in total. The van der Waals surface area contributed by atoms with Gasteiger partial charge in [0.2, 0.25) is 0 Å². The highest BCUT2D eigenvalue weighted by atomic mass is 32.1. The number of anilines is 1. The van der Waals surface area contributed by atoms with Crippen LogP contribution in [0.15, 0.2) is 24.3 Å². The van der Waals surface area contributed by atoms with E-state index >= 15 is 0 Å². The van der Waals surface area contributed by atoms with Gasteiger partial charge in [-0.05, 0) is 30.6 Å². The SMILES string of the molecule is Cc1nnsc1C(=O)Nc1n[nH]c2ccccc12. The number of aromatic nitrogens is 4. The number of aryl methyl sites for hydroxylation is 1. The van der Waals surface area contributed by atoms with Crippen LogP contribution < -0.4 is 5.32 Å². The van der Waals surface area contributed by atoms with Crippen LogP contribution in [-0.4, -0.2) is 25.7 Å². The van der Waals surface area contributed by atoms with E-state index in [1.807, 2.05) is 24.3 Å². The molecule has 3 rings (SSSR count). The fraction of sp³-hybridized carbons (Fsp3) is 0.0909. The number of para-hydroxylation sites is 1. The van der Waals surface area contributed by atoms with Crippen LogP contribution in [0, 0.1) is 6.92 Å². The Morgan fingerprint density at radius 3 is 3.00 bits per heavy atom. The largest absolute Gasteiger partial charge is 0.304 e. The first-order valence-corrected chi connectivity index (χ1v) is 6.06. The minimum Gasteiger partial charge on any atom is -0.304 e. The molecule has 0 atom stereocenters. The van der Waals surface area contributed by atoms with Gasteiger partial charge in [-0.2, -0.15) is 5.10 Å². The maximum atomic E-state index is 12.0. The molecule has 0 spiro atoms. The second-order valence-corrected chi connectivity index (χ2v) is 4.51. The minimum atomic E-state index is -0.236. The molecule has 3 aromatic rings. The maximum Gasteiger partial charge on any atom is 0.270 e. The van der Waals surface area contributed by atoms with Crippen molar-refractivity contribution in [2.45, 2.75) is 6.92 Å². The smallest absolute Gasteiger partial charge is 0.270 e. The Morgan fingerprint density at radius 2 is 2.22 bits per heavy atom. The number of carbonyl (C=O) groups is 1. The fourth-order valence-electron chi connectivity index (χ4n) is 1.66. The third-order valence-electron chi connectivity index (χ3n) is 2.56. The van der Waals surface area contributed by atoms with E-state index in [2.05, 4.69) is 25.1 Å². The Labute approximate surface area is 106 Å². The van der Waals surface area contributed by atoms with E-state index in [-0.39, 0.29) is 5.91 Å². The van der Waals surface area contributed by atoms with Gasteiger partial charge in [-0.25, -0.2) is 0 Å². The summed E-state index contributed by atoms with van der Waals surface area (Å²) in [6.45, 7) is 1.75. The molecule has 2 heterocycles. The van der Waals surface area contributed by atoms with Gasteiger partial charge >= 0.3 is 0 Å². The molecule has 1 amide bonds. The number of carbonyl (C=O) groups excluding carboxylic acids is 1. The first-order chi connectivity index (χ1) is 8.75. The molecule has 7 heteroatoms. The van der Waals surface area contributed by atoms with Crippen molar-refractivity contribution in [3.05, 3.63) is 34.8 Å². The highest BCUT2D eigenvalue weighted by molar-refractivity contribution is 7.08. The predicted molar refractivity (Wildman–Crippen MR) is 68.7 cm³/mol. The van der Waals surface area contributed by atoms with Gasteiger partial charge < -0.3 is 5.32 Å². The molecule has 0 aliphatic rings. The van der Waals surface area contributed by atoms with Crippen LogP contribution in [-0.2, 0) is 0 Å². The number of fused-ring (bicyclic) bond motifs is 1. The molecule has 0 aliphatic heterocycles. The summed E-state index contributed by atoms with van der Waals surface area (Å²) < 4.78 is 3.74. The first kappa shape index (κ1) is 10.8. The van der Waals surface area contributed by atoms with E-state index in [9.17, 15) is 4.79 Å². The van der Waals surface area contributed by atoms with Crippen molar-refractivity contribution in [2.75, 3.05) is 5.32 Å². The van der Waals surface area contributed by atoms with Crippen LogP contribution in [0.25, 0.3) is 10.9 Å². The summed E-state index contributed by atoms with van der Waals surface area (Å²) in [5, 5.41) is 14.4. The molecule has 0 radical (unpaired) electrons. The fourth-order valence-corrected chi connectivity index (χ4v) is 2.21. The van der Waals surface area contributed by atoms with Crippen molar-refractivity contribution < 1.29 is 4.79 Å². The van der Waals surface area contributed by atoms with Crippen molar-refractivity contribution in [1.82, 2.24) is 19.8 Å². The zero-order chi connectivity index (χ0) is 12.5. The lowest BCUT2D eigenvalue weighted by molar-refractivity contribution is 0.102. The molecule has 0 saturated heterocycles. The van der Waals surface area contributed by atoms with Crippen LogP contribution in [0.1, 0.15) is 15.4 Å².